The molecule has 0 radical (unpaired) electrons. The summed E-state index contributed by atoms with van der Waals surface area (Å²) in [6.45, 7) is 9.54. The fourth-order valence-corrected chi connectivity index (χ4v) is 5.93. The Hall–Kier alpha value is -3.78. The second kappa shape index (κ2) is 11.8. The Balaban J connectivity index is 1.72. The van der Waals surface area contributed by atoms with Gasteiger partial charge in [0.2, 0.25) is 11.8 Å². The van der Waals surface area contributed by atoms with Gasteiger partial charge < -0.3 is 10.0 Å². The molecular weight excluding hydrogens is 506 g/mol. The highest BCUT2D eigenvalue weighted by atomic mass is 16.3. The molecule has 1 N–H and O–H groups in total. The number of anilines is 2. The van der Waals surface area contributed by atoms with Gasteiger partial charge >= 0.3 is 0 Å². The smallest absolute Gasteiger partial charge is 0.258 e. The van der Waals surface area contributed by atoms with Gasteiger partial charge in [0, 0.05) is 26.1 Å². The van der Waals surface area contributed by atoms with Crippen LogP contribution in [0.25, 0.3) is 0 Å². The molecule has 40 heavy (non-hydrogen) atoms. The van der Waals surface area contributed by atoms with Gasteiger partial charge in [-0.15, -0.1) is 0 Å². The molecule has 2 unspecified atom stereocenters. The van der Waals surface area contributed by atoms with Crippen LogP contribution < -0.4 is 9.80 Å². The first-order chi connectivity index (χ1) is 19.1. The van der Waals surface area contributed by atoms with E-state index in [1.807, 2.05) is 27.7 Å². The van der Waals surface area contributed by atoms with Gasteiger partial charge in [-0.2, -0.15) is 0 Å². The maximum atomic E-state index is 13.1. The van der Waals surface area contributed by atoms with E-state index < -0.39 is 12.3 Å². The Kier molecular flexibility index (Phi) is 8.59. The Morgan fingerprint density at radius 3 is 1.65 bits per heavy atom. The van der Waals surface area contributed by atoms with E-state index in [1.165, 1.54) is 33.8 Å². The lowest BCUT2D eigenvalue weighted by molar-refractivity contribution is -0.131. The minimum atomic E-state index is -1.11. The summed E-state index contributed by atoms with van der Waals surface area (Å²) in [6, 6.07) is 7.75. The summed E-state index contributed by atoms with van der Waals surface area (Å²) in [5.41, 5.74) is 7.45. The molecule has 1 fully saturated rings. The number of amides is 4. The molecule has 4 amide bonds. The minimum absolute atomic E-state index is 0.0782. The van der Waals surface area contributed by atoms with Crippen LogP contribution in [0.3, 0.4) is 0 Å². The summed E-state index contributed by atoms with van der Waals surface area (Å²) >= 11 is 0. The van der Waals surface area contributed by atoms with E-state index in [1.54, 1.807) is 7.05 Å². The third-order valence-corrected chi connectivity index (χ3v) is 8.12. The molecule has 0 aliphatic carbocycles. The van der Waals surface area contributed by atoms with Crippen LogP contribution in [0.2, 0.25) is 0 Å². The van der Waals surface area contributed by atoms with Crippen molar-refractivity contribution in [3.05, 3.63) is 69.8 Å². The molecule has 0 saturated carbocycles. The minimum Gasteiger partial charge on any atom is -0.371 e. The lowest BCUT2D eigenvalue weighted by atomic mass is 9.92. The molecule has 8 heteroatoms. The molecule has 2 aromatic rings. The molecule has 4 rings (SSSR count). The van der Waals surface area contributed by atoms with Crippen molar-refractivity contribution in [3.8, 4) is 0 Å². The fourth-order valence-electron chi connectivity index (χ4n) is 5.93. The summed E-state index contributed by atoms with van der Waals surface area (Å²) in [5, 5.41) is 11.2. The lowest BCUT2D eigenvalue weighted by Crippen LogP contribution is -2.46. The Labute approximate surface area is 236 Å². The molecule has 8 nitrogen and oxygen atoms in total. The van der Waals surface area contributed by atoms with Gasteiger partial charge in [0.1, 0.15) is 0 Å². The number of likely N-dealkylation sites (N-methyl/N-ethyl adjacent to an activating group) is 1. The van der Waals surface area contributed by atoms with Crippen molar-refractivity contribution in [1.82, 2.24) is 4.90 Å². The quantitative estimate of drug-likeness (QED) is 0.483. The average molecular weight is 546 g/mol. The SMILES string of the molecule is CCc1cc(Cc2cc(CC)c(N3C(=O)CC(N(C)C(C)=O)C3O)c(CC)c2)cc(CC)c1N1C(=O)C=CC1=O. The van der Waals surface area contributed by atoms with E-state index in [0.29, 0.717) is 37.8 Å². The maximum absolute atomic E-state index is 13.1. The molecule has 0 aromatic heterocycles. The van der Waals surface area contributed by atoms with Crippen molar-refractivity contribution < 1.29 is 24.3 Å². The van der Waals surface area contributed by atoms with Gasteiger partial charge in [-0.3, -0.25) is 24.1 Å². The fraction of sp³-hybridized carbons (Fsp3) is 0.438. The largest absolute Gasteiger partial charge is 0.371 e. The van der Waals surface area contributed by atoms with Crippen molar-refractivity contribution in [3.63, 3.8) is 0 Å². The number of hydrogen-bond acceptors (Lipinski definition) is 5. The van der Waals surface area contributed by atoms with Crippen LogP contribution in [0, 0.1) is 0 Å². The molecule has 0 bridgehead atoms. The number of hydrogen-bond donors (Lipinski definition) is 1. The number of aryl methyl sites for hydroxylation is 4. The summed E-state index contributed by atoms with van der Waals surface area (Å²) in [5.74, 6) is -1.01. The zero-order valence-electron chi connectivity index (χ0n) is 24.3. The maximum Gasteiger partial charge on any atom is 0.258 e. The number of aliphatic hydroxyl groups is 1. The van der Waals surface area contributed by atoms with Crippen LogP contribution in [-0.2, 0) is 51.3 Å². The highest BCUT2D eigenvalue weighted by Crippen LogP contribution is 2.37. The van der Waals surface area contributed by atoms with Crippen molar-refractivity contribution in [1.29, 1.82) is 0 Å². The van der Waals surface area contributed by atoms with Gasteiger partial charge in [-0.25, -0.2) is 4.90 Å². The number of benzene rings is 2. The molecule has 2 aliphatic rings. The van der Waals surface area contributed by atoms with Gasteiger partial charge in [0.15, 0.2) is 6.23 Å². The zero-order chi connectivity index (χ0) is 29.3. The highest BCUT2D eigenvalue weighted by molar-refractivity contribution is 6.28. The summed E-state index contributed by atoms with van der Waals surface area (Å²) in [4.78, 5) is 54.2. The summed E-state index contributed by atoms with van der Waals surface area (Å²) < 4.78 is 0. The Morgan fingerprint density at radius 2 is 1.25 bits per heavy atom. The zero-order valence-corrected chi connectivity index (χ0v) is 24.3. The monoisotopic (exact) mass is 545 g/mol. The van der Waals surface area contributed by atoms with Crippen molar-refractivity contribution >= 4 is 35.0 Å². The van der Waals surface area contributed by atoms with Gasteiger partial charge in [0.05, 0.1) is 23.8 Å². The molecule has 2 aromatic carbocycles. The highest BCUT2D eigenvalue weighted by Gasteiger charge is 2.43. The molecule has 212 valence electrons. The first-order valence-electron chi connectivity index (χ1n) is 14.1. The molecule has 0 spiro atoms. The van der Waals surface area contributed by atoms with Gasteiger partial charge in [0.25, 0.3) is 11.8 Å². The lowest BCUT2D eigenvalue weighted by Gasteiger charge is -2.31. The number of rotatable bonds is 9. The van der Waals surface area contributed by atoms with Crippen LogP contribution >= 0.6 is 0 Å². The Bertz CT molecular complexity index is 1330. The van der Waals surface area contributed by atoms with Gasteiger partial charge in [-0.1, -0.05) is 52.0 Å². The van der Waals surface area contributed by atoms with Crippen molar-refractivity contribution in [2.45, 2.75) is 85.4 Å². The second-order valence-electron chi connectivity index (χ2n) is 10.5. The average Bonchev–Trinajstić information content (AvgIpc) is 3.42. The van der Waals surface area contributed by atoms with Crippen molar-refractivity contribution in [2.75, 3.05) is 16.8 Å². The van der Waals surface area contributed by atoms with Crippen molar-refractivity contribution in [2.24, 2.45) is 0 Å². The van der Waals surface area contributed by atoms with E-state index in [9.17, 15) is 24.3 Å². The predicted octanol–water partition coefficient (Wildman–Crippen LogP) is 3.86. The number of aliphatic hydroxyl groups excluding tert-OH is 1. The molecular formula is C32H39N3O5. The topological polar surface area (TPSA) is 98.2 Å². The van der Waals surface area contributed by atoms with Crippen LogP contribution in [0.4, 0.5) is 11.4 Å². The Morgan fingerprint density at radius 1 is 0.825 bits per heavy atom. The molecule has 1 saturated heterocycles. The molecule has 2 heterocycles. The normalized spacial score (nSPS) is 18.8. The van der Waals surface area contributed by atoms with E-state index in [4.69, 9.17) is 0 Å². The van der Waals surface area contributed by atoms with Gasteiger partial charge in [-0.05, 0) is 65.5 Å². The predicted molar refractivity (Wildman–Crippen MR) is 155 cm³/mol. The van der Waals surface area contributed by atoms with Crippen LogP contribution in [-0.4, -0.2) is 53.0 Å². The van der Waals surface area contributed by atoms with Crippen LogP contribution in [0.5, 0.6) is 0 Å². The first kappa shape index (κ1) is 29.2. The molecule has 2 atom stereocenters. The number of carbonyl (C=O) groups is 4. The third-order valence-electron chi connectivity index (χ3n) is 8.12. The van der Waals surface area contributed by atoms with E-state index >= 15 is 0 Å². The number of imide groups is 1. The first-order valence-corrected chi connectivity index (χ1v) is 14.1. The third kappa shape index (κ3) is 5.20. The van der Waals surface area contributed by atoms with E-state index in [0.717, 1.165) is 39.1 Å². The standard InChI is InChI=1S/C32H39N3O5/c1-7-22-14-20(15-23(8-2)30(22)34-27(37)11-12-28(34)38)13-21-16-24(9-3)31(25(10-4)17-21)35-29(39)18-26(32(35)40)33(6)19(5)36/h11-12,14-17,26,32,40H,7-10,13,18H2,1-6H3. The molecule has 2 aliphatic heterocycles. The van der Waals surface area contributed by atoms with Crippen LogP contribution in [0.1, 0.15) is 74.4 Å². The summed E-state index contributed by atoms with van der Waals surface area (Å²) in [7, 11) is 1.62. The second-order valence-corrected chi connectivity index (χ2v) is 10.5. The van der Waals surface area contributed by atoms with Crippen LogP contribution in [0.15, 0.2) is 36.4 Å². The number of nitrogens with zero attached hydrogens (tertiary/aromatic N) is 3. The summed E-state index contributed by atoms with van der Waals surface area (Å²) in [6.07, 6.45) is 4.95. The van der Waals surface area contributed by atoms with E-state index in [2.05, 4.69) is 24.3 Å². The number of carbonyl (C=O) groups excluding carboxylic acids is 4. The van der Waals surface area contributed by atoms with E-state index in [-0.39, 0.29) is 30.0 Å².